The quantitative estimate of drug-likeness (QED) is 0.388. The highest BCUT2D eigenvalue weighted by molar-refractivity contribution is 5.98. The Morgan fingerprint density at radius 2 is 2.10 bits per heavy atom. The Bertz CT molecular complexity index is 607. The summed E-state index contributed by atoms with van der Waals surface area (Å²) in [5.74, 6) is -1.08. The lowest BCUT2D eigenvalue weighted by Crippen LogP contribution is -2.23. The zero-order chi connectivity index (χ0) is 16.0. The van der Waals surface area contributed by atoms with Crippen molar-refractivity contribution in [2.75, 3.05) is 6.61 Å². The van der Waals surface area contributed by atoms with Crippen LogP contribution in [0.1, 0.15) is 29.8 Å². The van der Waals surface area contributed by atoms with Gasteiger partial charge in [-0.25, -0.2) is 4.79 Å². The van der Waals surface area contributed by atoms with Gasteiger partial charge in [0.1, 0.15) is 0 Å². The largest absolute Gasteiger partial charge is 0.463 e. The van der Waals surface area contributed by atoms with Gasteiger partial charge in [0, 0.05) is 29.0 Å². The summed E-state index contributed by atoms with van der Waals surface area (Å²) >= 11 is 0. The Kier molecular flexibility index (Phi) is 5.59. The number of esters is 1. The number of hydrogen-bond donors (Lipinski definition) is 1. The summed E-state index contributed by atoms with van der Waals surface area (Å²) in [5.41, 5.74) is 0.615. The first-order chi connectivity index (χ1) is 9.86. The zero-order valence-corrected chi connectivity index (χ0v) is 12.0. The number of nitro groups is 1. The lowest BCUT2D eigenvalue weighted by molar-refractivity contribution is -0.385. The molecule has 112 valence electrons. The number of carbonyl (C=O) groups is 2. The molecule has 0 atom stereocenters. The number of carbonyl (C=O) groups excluding carboxylic acids is 2. The van der Waals surface area contributed by atoms with Crippen LogP contribution in [-0.4, -0.2) is 23.4 Å². The standard InChI is InChI=1S/C14H16N2O5/c1-4-21-13(17)8-9(2)15-14(18)11-6-5-7-12(10(11)3)16(19)20/h5-8H,4H2,1-3H3,(H,15,18)/b9-8+. The van der Waals surface area contributed by atoms with Crippen molar-refractivity contribution in [1.82, 2.24) is 5.32 Å². The highest BCUT2D eigenvalue weighted by Crippen LogP contribution is 2.21. The summed E-state index contributed by atoms with van der Waals surface area (Å²) in [6.07, 6.45) is 1.15. The molecule has 0 radical (unpaired) electrons. The second-order valence-electron chi connectivity index (χ2n) is 4.24. The van der Waals surface area contributed by atoms with Crippen molar-refractivity contribution in [2.45, 2.75) is 20.8 Å². The van der Waals surface area contributed by atoms with Crippen molar-refractivity contribution in [2.24, 2.45) is 0 Å². The Labute approximate surface area is 121 Å². The van der Waals surface area contributed by atoms with Gasteiger partial charge >= 0.3 is 5.97 Å². The van der Waals surface area contributed by atoms with Crippen molar-refractivity contribution in [3.63, 3.8) is 0 Å². The van der Waals surface area contributed by atoms with Gasteiger partial charge in [-0.1, -0.05) is 6.07 Å². The van der Waals surface area contributed by atoms with Gasteiger partial charge in [0.25, 0.3) is 11.6 Å². The molecule has 0 heterocycles. The molecule has 0 fully saturated rings. The normalized spacial score (nSPS) is 10.9. The molecule has 0 aliphatic heterocycles. The first kappa shape index (κ1) is 16.4. The van der Waals surface area contributed by atoms with Gasteiger partial charge in [0.15, 0.2) is 0 Å². The second-order valence-corrected chi connectivity index (χ2v) is 4.24. The molecule has 1 aromatic rings. The smallest absolute Gasteiger partial charge is 0.332 e. The molecule has 1 aromatic carbocycles. The molecule has 7 nitrogen and oxygen atoms in total. The fraction of sp³-hybridized carbons (Fsp3) is 0.286. The molecule has 1 amide bonds. The summed E-state index contributed by atoms with van der Waals surface area (Å²) in [5, 5.41) is 13.3. The van der Waals surface area contributed by atoms with E-state index < -0.39 is 16.8 Å². The van der Waals surface area contributed by atoms with E-state index in [2.05, 4.69) is 5.32 Å². The molecular weight excluding hydrogens is 276 g/mol. The van der Waals surface area contributed by atoms with Crippen LogP contribution >= 0.6 is 0 Å². The van der Waals surface area contributed by atoms with Crippen LogP contribution in [0.15, 0.2) is 30.0 Å². The SMILES string of the molecule is CCOC(=O)/C=C(\C)NC(=O)c1cccc([N+](=O)[O-])c1C. The predicted octanol–water partition coefficient (Wildman–Crippen LogP) is 2.10. The van der Waals surface area contributed by atoms with E-state index in [1.807, 2.05) is 0 Å². The molecule has 1 N–H and O–H groups in total. The molecule has 7 heteroatoms. The number of amides is 1. The predicted molar refractivity (Wildman–Crippen MR) is 75.7 cm³/mol. The minimum absolute atomic E-state index is 0.130. The Hall–Kier alpha value is -2.70. The number of allylic oxidation sites excluding steroid dienone is 1. The second kappa shape index (κ2) is 7.18. The number of nitrogens with zero attached hydrogens (tertiary/aromatic N) is 1. The Morgan fingerprint density at radius 1 is 1.43 bits per heavy atom. The third-order valence-corrected chi connectivity index (χ3v) is 2.68. The summed E-state index contributed by atoms with van der Waals surface area (Å²) in [7, 11) is 0. The van der Waals surface area contributed by atoms with Crippen LogP contribution in [0.5, 0.6) is 0 Å². The average Bonchev–Trinajstić information content (AvgIpc) is 2.38. The molecule has 0 aliphatic carbocycles. The molecule has 0 unspecified atom stereocenters. The fourth-order valence-corrected chi connectivity index (χ4v) is 1.71. The zero-order valence-electron chi connectivity index (χ0n) is 12.0. The Balaban J connectivity index is 2.93. The lowest BCUT2D eigenvalue weighted by atomic mass is 10.1. The molecule has 0 spiro atoms. The Morgan fingerprint density at radius 3 is 2.67 bits per heavy atom. The topological polar surface area (TPSA) is 98.5 Å². The van der Waals surface area contributed by atoms with E-state index in [-0.39, 0.29) is 23.4 Å². The average molecular weight is 292 g/mol. The van der Waals surface area contributed by atoms with E-state index >= 15 is 0 Å². The highest BCUT2D eigenvalue weighted by atomic mass is 16.6. The molecule has 0 saturated heterocycles. The number of nitrogens with one attached hydrogen (secondary N) is 1. The molecule has 0 aromatic heterocycles. The monoisotopic (exact) mass is 292 g/mol. The van der Waals surface area contributed by atoms with Crippen LogP contribution in [0.2, 0.25) is 0 Å². The van der Waals surface area contributed by atoms with Gasteiger partial charge in [-0.2, -0.15) is 0 Å². The molecule has 0 saturated carbocycles. The fourth-order valence-electron chi connectivity index (χ4n) is 1.71. The summed E-state index contributed by atoms with van der Waals surface area (Å²) in [6.45, 7) is 4.94. The van der Waals surface area contributed by atoms with Gasteiger partial charge in [0.2, 0.25) is 0 Å². The number of hydrogen-bond acceptors (Lipinski definition) is 5. The maximum atomic E-state index is 12.1. The van der Waals surface area contributed by atoms with Crippen molar-refractivity contribution >= 4 is 17.6 Å². The molecule has 21 heavy (non-hydrogen) atoms. The van der Waals surface area contributed by atoms with E-state index in [0.29, 0.717) is 5.70 Å². The van der Waals surface area contributed by atoms with Crippen molar-refractivity contribution in [3.8, 4) is 0 Å². The number of benzene rings is 1. The van der Waals surface area contributed by atoms with E-state index in [4.69, 9.17) is 4.74 Å². The molecule has 1 rings (SSSR count). The number of nitro benzene ring substituents is 1. The van der Waals surface area contributed by atoms with E-state index in [0.717, 1.165) is 6.08 Å². The van der Waals surface area contributed by atoms with Crippen molar-refractivity contribution < 1.29 is 19.2 Å². The van der Waals surface area contributed by atoms with Gasteiger partial charge in [0.05, 0.1) is 11.5 Å². The summed E-state index contributed by atoms with van der Waals surface area (Å²) < 4.78 is 4.72. The first-order valence-corrected chi connectivity index (χ1v) is 6.27. The summed E-state index contributed by atoms with van der Waals surface area (Å²) in [4.78, 5) is 33.6. The molecule has 0 bridgehead atoms. The van der Waals surface area contributed by atoms with Crippen LogP contribution in [0.4, 0.5) is 5.69 Å². The molecule has 0 aliphatic rings. The number of ether oxygens (including phenoxy) is 1. The van der Waals surface area contributed by atoms with Crippen LogP contribution in [0.25, 0.3) is 0 Å². The summed E-state index contributed by atoms with van der Waals surface area (Å²) in [6, 6.07) is 4.24. The van der Waals surface area contributed by atoms with E-state index in [1.165, 1.54) is 32.0 Å². The third kappa shape index (κ3) is 4.41. The van der Waals surface area contributed by atoms with Crippen LogP contribution in [0.3, 0.4) is 0 Å². The van der Waals surface area contributed by atoms with Gasteiger partial charge in [-0.3, -0.25) is 14.9 Å². The van der Waals surface area contributed by atoms with Gasteiger partial charge in [-0.15, -0.1) is 0 Å². The maximum absolute atomic E-state index is 12.1. The maximum Gasteiger partial charge on any atom is 0.332 e. The van der Waals surface area contributed by atoms with Gasteiger partial charge < -0.3 is 10.1 Å². The lowest BCUT2D eigenvalue weighted by Gasteiger charge is -2.08. The first-order valence-electron chi connectivity index (χ1n) is 6.27. The van der Waals surface area contributed by atoms with Crippen LogP contribution < -0.4 is 5.32 Å². The minimum Gasteiger partial charge on any atom is -0.463 e. The van der Waals surface area contributed by atoms with Crippen molar-refractivity contribution in [3.05, 3.63) is 51.2 Å². The van der Waals surface area contributed by atoms with Gasteiger partial charge in [-0.05, 0) is 26.8 Å². The van der Waals surface area contributed by atoms with E-state index in [9.17, 15) is 19.7 Å². The van der Waals surface area contributed by atoms with Crippen LogP contribution in [0, 0.1) is 17.0 Å². The highest BCUT2D eigenvalue weighted by Gasteiger charge is 2.18. The van der Waals surface area contributed by atoms with E-state index in [1.54, 1.807) is 6.92 Å². The minimum atomic E-state index is -0.564. The van der Waals surface area contributed by atoms with Crippen molar-refractivity contribution in [1.29, 1.82) is 0 Å². The third-order valence-electron chi connectivity index (χ3n) is 2.68. The molecular formula is C14H16N2O5. The number of rotatable bonds is 5. The van der Waals surface area contributed by atoms with Crippen LogP contribution in [-0.2, 0) is 9.53 Å².